The standard InChI is InChI=1S/C26H25N3O2S2/c1-26(2,3)18-11-9-17(10-12-18)24(31)28-20-13-14-21-22(15-20)33-25(29-21)32-16-23(30)27-19-7-5-4-6-8-19/h4-15H,16H2,1-3H3,(H,27,30)(H,28,31). The van der Waals surface area contributed by atoms with Gasteiger partial charge < -0.3 is 10.6 Å². The van der Waals surface area contributed by atoms with Crippen molar-refractivity contribution < 1.29 is 9.59 Å². The quantitative estimate of drug-likeness (QED) is 0.309. The van der Waals surface area contributed by atoms with Gasteiger partial charge in [-0.2, -0.15) is 0 Å². The molecule has 3 aromatic carbocycles. The maximum atomic E-state index is 12.7. The number of aromatic nitrogens is 1. The Balaban J connectivity index is 1.38. The van der Waals surface area contributed by atoms with E-state index in [2.05, 4.69) is 36.4 Å². The molecule has 4 aromatic rings. The number of rotatable bonds is 6. The highest BCUT2D eigenvalue weighted by molar-refractivity contribution is 8.01. The molecule has 0 saturated heterocycles. The van der Waals surface area contributed by atoms with E-state index in [9.17, 15) is 9.59 Å². The van der Waals surface area contributed by atoms with Gasteiger partial charge in [-0.1, -0.05) is 62.9 Å². The molecule has 0 aliphatic heterocycles. The molecular weight excluding hydrogens is 450 g/mol. The molecule has 0 atom stereocenters. The number of benzene rings is 3. The molecule has 2 amide bonds. The Kier molecular flexibility index (Phi) is 6.81. The van der Waals surface area contributed by atoms with Gasteiger partial charge in [-0.05, 0) is 53.4 Å². The van der Waals surface area contributed by atoms with Crippen molar-refractivity contribution in [2.75, 3.05) is 16.4 Å². The number of anilines is 2. The van der Waals surface area contributed by atoms with Gasteiger partial charge in [0.25, 0.3) is 5.91 Å². The van der Waals surface area contributed by atoms with Crippen LogP contribution in [0.3, 0.4) is 0 Å². The zero-order valence-corrected chi connectivity index (χ0v) is 20.3. The highest BCUT2D eigenvalue weighted by atomic mass is 32.2. The molecule has 0 spiro atoms. The van der Waals surface area contributed by atoms with E-state index in [0.29, 0.717) is 5.56 Å². The molecule has 168 valence electrons. The van der Waals surface area contributed by atoms with E-state index < -0.39 is 0 Å². The first-order valence-corrected chi connectivity index (χ1v) is 12.4. The minimum absolute atomic E-state index is 0.0458. The van der Waals surface area contributed by atoms with Crippen LogP contribution in [-0.2, 0) is 10.2 Å². The molecule has 0 aliphatic carbocycles. The van der Waals surface area contributed by atoms with Crippen molar-refractivity contribution in [2.45, 2.75) is 30.5 Å². The van der Waals surface area contributed by atoms with Crippen LogP contribution in [0.1, 0.15) is 36.7 Å². The summed E-state index contributed by atoms with van der Waals surface area (Å²) < 4.78 is 1.77. The Bertz CT molecular complexity index is 1280. The third kappa shape index (κ3) is 6.00. The molecule has 33 heavy (non-hydrogen) atoms. The molecule has 2 N–H and O–H groups in total. The molecule has 0 unspecified atom stereocenters. The lowest BCUT2D eigenvalue weighted by molar-refractivity contribution is -0.113. The first kappa shape index (κ1) is 23.0. The summed E-state index contributed by atoms with van der Waals surface area (Å²) in [6.45, 7) is 6.44. The fourth-order valence-electron chi connectivity index (χ4n) is 3.21. The summed E-state index contributed by atoms with van der Waals surface area (Å²) in [4.78, 5) is 29.4. The van der Waals surface area contributed by atoms with Gasteiger partial charge >= 0.3 is 0 Å². The van der Waals surface area contributed by atoms with E-state index in [-0.39, 0.29) is 23.0 Å². The molecule has 7 heteroatoms. The van der Waals surface area contributed by atoms with Crippen LogP contribution in [0.5, 0.6) is 0 Å². The third-order valence-electron chi connectivity index (χ3n) is 5.02. The van der Waals surface area contributed by atoms with Crippen LogP contribution in [0, 0.1) is 0 Å². The second kappa shape index (κ2) is 9.77. The molecule has 0 radical (unpaired) electrons. The lowest BCUT2D eigenvalue weighted by Crippen LogP contribution is -2.14. The van der Waals surface area contributed by atoms with Crippen molar-refractivity contribution in [3.05, 3.63) is 83.9 Å². The molecule has 0 fully saturated rings. The second-order valence-electron chi connectivity index (χ2n) is 8.65. The molecule has 0 aliphatic rings. The number of fused-ring (bicyclic) bond motifs is 1. The topological polar surface area (TPSA) is 71.1 Å². The number of carbonyl (C=O) groups excluding carboxylic acids is 2. The van der Waals surface area contributed by atoms with Crippen molar-refractivity contribution >= 4 is 56.5 Å². The summed E-state index contributed by atoms with van der Waals surface area (Å²) >= 11 is 2.91. The Labute approximate surface area is 201 Å². The molecule has 4 rings (SSSR count). The lowest BCUT2D eigenvalue weighted by atomic mass is 9.87. The first-order chi connectivity index (χ1) is 15.8. The lowest BCUT2D eigenvalue weighted by Gasteiger charge is -2.19. The number of hydrogen-bond acceptors (Lipinski definition) is 5. The van der Waals surface area contributed by atoms with Crippen LogP contribution >= 0.6 is 23.1 Å². The fourth-order valence-corrected chi connectivity index (χ4v) is 5.12. The van der Waals surface area contributed by atoms with Crippen molar-refractivity contribution in [3.8, 4) is 0 Å². The normalized spacial score (nSPS) is 11.4. The number of nitrogens with zero attached hydrogens (tertiary/aromatic N) is 1. The first-order valence-electron chi connectivity index (χ1n) is 10.6. The smallest absolute Gasteiger partial charge is 0.255 e. The van der Waals surface area contributed by atoms with Gasteiger partial charge in [0.15, 0.2) is 4.34 Å². The van der Waals surface area contributed by atoms with Gasteiger partial charge in [0, 0.05) is 16.9 Å². The number of thiazole rings is 1. The zero-order valence-electron chi connectivity index (χ0n) is 18.7. The average Bonchev–Trinajstić information content (AvgIpc) is 3.20. The number of carbonyl (C=O) groups is 2. The summed E-state index contributed by atoms with van der Waals surface area (Å²) in [6.07, 6.45) is 0. The molecule has 1 heterocycles. The van der Waals surface area contributed by atoms with Crippen LogP contribution < -0.4 is 10.6 Å². The van der Waals surface area contributed by atoms with E-state index in [4.69, 9.17) is 0 Å². The maximum Gasteiger partial charge on any atom is 0.255 e. The predicted molar refractivity (Wildman–Crippen MR) is 139 cm³/mol. The molecule has 0 bridgehead atoms. The average molecular weight is 476 g/mol. The van der Waals surface area contributed by atoms with Crippen LogP contribution in [-0.4, -0.2) is 22.6 Å². The largest absolute Gasteiger partial charge is 0.325 e. The Morgan fingerprint density at radius 1 is 0.909 bits per heavy atom. The summed E-state index contributed by atoms with van der Waals surface area (Å²) in [6, 6.07) is 22.8. The Morgan fingerprint density at radius 2 is 1.64 bits per heavy atom. The van der Waals surface area contributed by atoms with E-state index in [1.54, 1.807) is 0 Å². The van der Waals surface area contributed by atoms with Gasteiger partial charge in [0.2, 0.25) is 5.91 Å². The number of hydrogen-bond donors (Lipinski definition) is 2. The van der Waals surface area contributed by atoms with Crippen LogP contribution in [0.25, 0.3) is 10.2 Å². The van der Waals surface area contributed by atoms with Gasteiger partial charge in [0.05, 0.1) is 16.0 Å². The molecule has 0 saturated carbocycles. The van der Waals surface area contributed by atoms with E-state index in [0.717, 1.165) is 25.9 Å². The monoisotopic (exact) mass is 475 g/mol. The highest BCUT2D eigenvalue weighted by Gasteiger charge is 2.15. The van der Waals surface area contributed by atoms with Crippen molar-refractivity contribution in [1.29, 1.82) is 0 Å². The second-order valence-corrected chi connectivity index (χ2v) is 10.9. The number of thioether (sulfide) groups is 1. The Morgan fingerprint density at radius 3 is 2.33 bits per heavy atom. The third-order valence-corrected chi connectivity index (χ3v) is 7.19. The molecule has 5 nitrogen and oxygen atoms in total. The van der Waals surface area contributed by atoms with Crippen LogP contribution in [0.4, 0.5) is 11.4 Å². The fraction of sp³-hybridized carbons (Fsp3) is 0.192. The van der Waals surface area contributed by atoms with Gasteiger partial charge in [-0.3, -0.25) is 9.59 Å². The number of amides is 2. The minimum Gasteiger partial charge on any atom is -0.325 e. The van der Waals surface area contributed by atoms with Crippen molar-refractivity contribution in [2.24, 2.45) is 0 Å². The van der Waals surface area contributed by atoms with Crippen molar-refractivity contribution in [3.63, 3.8) is 0 Å². The summed E-state index contributed by atoms with van der Waals surface area (Å²) in [5.74, 6) is 0.0606. The summed E-state index contributed by atoms with van der Waals surface area (Å²) in [5, 5.41) is 5.84. The summed E-state index contributed by atoms with van der Waals surface area (Å²) in [5.41, 5.74) is 4.19. The Hall–Kier alpha value is -3.16. The van der Waals surface area contributed by atoms with Crippen LogP contribution in [0.15, 0.2) is 77.1 Å². The van der Waals surface area contributed by atoms with E-state index in [1.165, 1.54) is 28.7 Å². The van der Waals surface area contributed by atoms with E-state index in [1.807, 2.05) is 72.8 Å². The van der Waals surface area contributed by atoms with Gasteiger partial charge in [-0.15, -0.1) is 11.3 Å². The van der Waals surface area contributed by atoms with Gasteiger partial charge in [0.1, 0.15) is 0 Å². The molecule has 1 aromatic heterocycles. The van der Waals surface area contributed by atoms with Crippen LogP contribution in [0.2, 0.25) is 0 Å². The summed E-state index contributed by atoms with van der Waals surface area (Å²) in [7, 11) is 0. The van der Waals surface area contributed by atoms with Gasteiger partial charge in [-0.25, -0.2) is 4.98 Å². The van der Waals surface area contributed by atoms with Crippen molar-refractivity contribution in [1.82, 2.24) is 4.98 Å². The minimum atomic E-state index is -0.147. The SMILES string of the molecule is CC(C)(C)c1ccc(C(=O)Nc2ccc3nc(SCC(=O)Nc4ccccc4)sc3c2)cc1. The zero-order chi connectivity index (χ0) is 23.4. The predicted octanol–water partition coefficient (Wildman–Crippen LogP) is 6.58. The molecular formula is C26H25N3O2S2. The van der Waals surface area contributed by atoms with E-state index >= 15 is 0 Å². The number of nitrogens with one attached hydrogen (secondary N) is 2. The maximum absolute atomic E-state index is 12.7. The number of para-hydroxylation sites is 1. The highest BCUT2D eigenvalue weighted by Crippen LogP contribution is 2.31.